The van der Waals surface area contributed by atoms with Gasteiger partial charge in [0.05, 0.1) is 25.7 Å². The quantitative estimate of drug-likeness (QED) is 0.920. The van der Waals surface area contributed by atoms with Gasteiger partial charge in [0.25, 0.3) is 0 Å². The molecule has 3 heterocycles. The first-order chi connectivity index (χ1) is 11.2. The minimum Gasteiger partial charge on any atom is -0.379 e. The topological polar surface area (TPSA) is 54.6 Å². The van der Waals surface area contributed by atoms with Crippen LogP contribution in [0.4, 0.5) is 4.39 Å². The lowest BCUT2D eigenvalue weighted by Gasteiger charge is -2.43. The van der Waals surface area contributed by atoms with Gasteiger partial charge in [-0.3, -0.25) is 4.79 Å². The number of nitrogens with zero attached hydrogens (tertiary/aromatic N) is 1. The third kappa shape index (κ3) is 2.72. The number of hydrogen-bond acceptors (Lipinski definition) is 3. The minimum atomic E-state index is -0.290. The van der Waals surface area contributed by atoms with Crippen LogP contribution in [0.25, 0.3) is 10.9 Å². The maximum atomic E-state index is 13.5. The SMILES string of the molecule is O=C(Cc1c[nH]c2ccc(F)cc12)N1CCO[C@@H]2COCC[C@@H]21. The molecule has 4 rings (SSSR count). The van der Waals surface area contributed by atoms with Crippen molar-refractivity contribution in [2.45, 2.75) is 25.0 Å². The largest absolute Gasteiger partial charge is 0.379 e. The van der Waals surface area contributed by atoms with Crippen LogP contribution in [0.1, 0.15) is 12.0 Å². The summed E-state index contributed by atoms with van der Waals surface area (Å²) in [7, 11) is 0. The molecule has 1 aromatic carbocycles. The predicted molar refractivity (Wildman–Crippen MR) is 82.6 cm³/mol. The number of amides is 1. The fourth-order valence-corrected chi connectivity index (χ4v) is 3.56. The van der Waals surface area contributed by atoms with Gasteiger partial charge >= 0.3 is 0 Å². The smallest absolute Gasteiger partial charge is 0.227 e. The molecule has 0 spiro atoms. The van der Waals surface area contributed by atoms with Crippen LogP contribution in [-0.4, -0.2) is 54.3 Å². The van der Waals surface area contributed by atoms with E-state index in [2.05, 4.69) is 4.98 Å². The number of fused-ring (bicyclic) bond motifs is 2. The Morgan fingerprint density at radius 3 is 3.22 bits per heavy atom. The molecule has 2 fully saturated rings. The first kappa shape index (κ1) is 14.7. The van der Waals surface area contributed by atoms with Crippen molar-refractivity contribution in [3.63, 3.8) is 0 Å². The highest BCUT2D eigenvalue weighted by atomic mass is 19.1. The van der Waals surface area contributed by atoms with Crippen LogP contribution in [0.5, 0.6) is 0 Å². The van der Waals surface area contributed by atoms with Gasteiger partial charge in [-0.2, -0.15) is 0 Å². The molecule has 0 unspecified atom stereocenters. The van der Waals surface area contributed by atoms with Gasteiger partial charge in [0.15, 0.2) is 0 Å². The van der Waals surface area contributed by atoms with Gasteiger partial charge in [-0.15, -0.1) is 0 Å². The third-order valence-electron chi connectivity index (χ3n) is 4.73. The molecule has 0 radical (unpaired) electrons. The number of hydrogen-bond donors (Lipinski definition) is 1. The molecule has 122 valence electrons. The Morgan fingerprint density at radius 2 is 2.30 bits per heavy atom. The number of rotatable bonds is 2. The molecule has 23 heavy (non-hydrogen) atoms. The second-order valence-corrected chi connectivity index (χ2v) is 6.11. The van der Waals surface area contributed by atoms with Crippen LogP contribution in [0.15, 0.2) is 24.4 Å². The average Bonchev–Trinajstić information content (AvgIpc) is 2.96. The zero-order valence-corrected chi connectivity index (χ0v) is 12.8. The van der Waals surface area contributed by atoms with E-state index < -0.39 is 0 Å². The highest BCUT2D eigenvalue weighted by Crippen LogP contribution is 2.25. The van der Waals surface area contributed by atoms with Crippen molar-refractivity contribution in [1.82, 2.24) is 9.88 Å². The van der Waals surface area contributed by atoms with Crippen molar-refractivity contribution < 1.29 is 18.7 Å². The molecule has 2 aliphatic heterocycles. The summed E-state index contributed by atoms with van der Waals surface area (Å²) in [6.07, 6.45) is 2.85. The molecule has 2 atom stereocenters. The van der Waals surface area contributed by atoms with Crippen molar-refractivity contribution in [1.29, 1.82) is 0 Å². The van der Waals surface area contributed by atoms with Gasteiger partial charge in [-0.25, -0.2) is 4.39 Å². The van der Waals surface area contributed by atoms with Crippen LogP contribution < -0.4 is 0 Å². The first-order valence-corrected chi connectivity index (χ1v) is 7.97. The number of nitrogens with one attached hydrogen (secondary N) is 1. The molecule has 2 aliphatic rings. The van der Waals surface area contributed by atoms with Gasteiger partial charge in [0, 0.05) is 30.3 Å². The summed E-state index contributed by atoms with van der Waals surface area (Å²) in [6, 6.07) is 4.68. The lowest BCUT2D eigenvalue weighted by atomic mass is 10.0. The normalized spacial score (nSPS) is 24.7. The fourth-order valence-electron chi connectivity index (χ4n) is 3.56. The third-order valence-corrected chi connectivity index (χ3v) is 4.73. The van der Waals surface area contributed by atoms with Crippen LogP contribution in [0, 0.1) is 5.82 Å². The molecule has 1 N–H and O–H groups in total. The number of halogens is 1. The Bertz CT molecular complexity index is 728. The van der Waals surface area contributed by atoms with Gasteiger partial charge in [-0.05, 0) is 30.2 Å². The van der Waals surface area contributed by atoms with Gasteiger partial charge < -0.3 is 19.4 Å². The van der Waals surface area contributed by atoms with Crippen molar-refractivity contribution in [3.8, 4) is 0 Å². The van der Waals surface area contributed by atoms with E-state index in [1.165, 1.54) is 12.1 Å². The maximum Gasteiger partial charge on any atom is 0.227 e. The fraction of sp³-hybridized carbons (Fsp3) is 0.471. The summed E-state index contributed by atoms with van der Waals surface area (Å²) in [6.45, 7) is 2.36. The zero-order chi connectivity index (χ0) is 15.8. The number of ether oxygens (including phenoxy) is 2. The molecule has 0 aliphatic carbocycles. The summed E-state index contributed by atoms with van der Waals surface area (Å²) < 4.78 is 24.6. The van der Waals surface area contributed by atoms with E-state index in [0.29, 0.717) is 26.4 Å². The molecule has 2 aromatic rings. The standard InChI is InChI=1S/C17H19FN2O3/c18-12-1-2-14-13(8-12)11(9-19-14)7-17(21)20-4-6-23-16-10-22-5-3-15(16)20/h1-2,8-9,15-16,19H,3-7,10H2/t15-,16+/m0/s1. The Balaban J connectivity index is 1.55. The lowest BCUT2D eigenvalue weighted by Crippen LogP contribution is -2.57. The minimum absolute atomic E-state index is 0.0261. The molecule has 1 amide bonds. The average molecular weight is 318 g/mol. The summed E-state index contributed by atoms with van der Waals surface area (Å²) >= 11 is 0. The summed E-state index contributed by atoms with van der Waals surface area (Å²) in [5, 5.41) is 0.773. The Labute approximate surface area is 133 Å². The lowest BCUT2D eigenvalue weighted by molar-refractivity contribution is -0.161. The molecule has 0 saturated carbocycles. The summed E-state index contributed by atoms with van der Waals surface area (Å²) in [5.41, 5.74) is 1.68. The molecular weight excluding hydrogens is 299 g/mol. The van der Waals surface area contributed by atoms with Gasteiger partial charge in [0.1, 0.15) is 11.9 Å². The predicted octanol–water partition coefficient (Wildman–Crippen LogP) is 1.87. The van der Waals surface area contributed by atoms with Gasteiger partial charge in [0.2, 0.25) is 5.91 Å². The van der Waals surface area contributed by atoms with Gasteiger partial charge in [-0.1, -0.05) is 0 Å². The molecule has 6 heteroatoms. The Morgan fingerprint density at radius 1 is 1.39 bits per heavy atom. The highest BCUT2D eigenvalue weighted by molar-refractivity contribution is 5.89. The van der Waals surface area contributed by atoms with Crippen molar-refractivity contribution >= 4 is 16.8 Å². The van der Waals surface area contributed by atoms with E-state index in [1.54, 1.807) is 12.3 Å². The van der Waals surface area contributed by atoms with E-state index in [-0.39, 0.29) is 30.3 Å². The second kappa shape index (κ2) is 5.94. The zero-order valence-electron chi connectivity index (χ0n) is 12.8. The molecule has 0 bridgehead atoms. The first-order valence-electron chi connectivity index (χ1n) is 7.97. The number of carbonyl (C=O) groups is 1. The van der Waals surface area contributed by atoms with E-state index in [0.717, 1.165) is 22.9 Å². The second-order valence-electron chi connectivity index (χ2n) is 6.11. The van der Waals surface area contributed by atoms with E-state index in [9.17, 15) is 9.18 Å². The van der Waals surface area contributed by atoms with Crippen LogP contribution >= 0.6 is 0 Å². The maximum absolute atomic E-state index is 13.5. The Hall–Kier alpha value is -1.92. The van der Waals surface area contributed by atoms with E-state index in [1.807, 2.05) is 4.90 Å². The van der Waals surface area contributed by atoms with Crippen molar-refractivity contribution in [3.05, 3.63) is 35.8 Å². The monoisotopic (exact) mass is 318 g/mol. The molecule has 5 nitrogen and oxygen atoms in total. The molecule has 1 aromatic heterocycles. The van der Waals surface area contributed by atoms with Crippen molar-refractivity contribution in [2.75, 3.05) is 26.4 Å². The van der Waals surface area contributed by atoms with Crippen LogP contribution in [-0.2, 0) is 20.7 Å². The number of benzene rings is 1. The summed E-state index contributed by atoms with van der Waals surface area (Å²) in [5.74, 6) is -0.225. The van der Waals surface area contributed by atoms with Crippen molar-refractivity contribution in [2.24, 2.45) is 0 Å². The van der Waals surface area contributed by atoms with Crippen LogP contribution in [0.2, 0.25) is 0 Å². The Kier molecular flexibility index (Phi) is 3.79. The number of aromatic amines is 1. The number of aromatic nitrogens is 1. The van der Waals surface area contributed by atoms with Crippen LogP contribution in [0.3, 0.4) is 0 Å². The number of H-pyrrole nitrogens is 1. The number of carbonyl (C=O) groups excluding carboxylic acids is 1. The van der Waals surface area contributed by atoms with E-state index >= 15 is 0 Å². The summed E-state index contributed by atoms with van der Waals surface area (Å²) in [4.78, 5) is 17.8. The van der Waals surface area contributed by atoms with E-state index in [4.69, 9.17) is 9.47 Å². The molecule has 2 saturated heterocycles. The molecular formula is C17H19FN2O3. The highest BCUT2D eigenvalue weighted by Gasteiger charge is 2.37. The number of morpholine rings is 1.